The zero-order chi connectivity index (χ0) is 13.4. The average molecular weight is 259 g/mol. The molecule has 4 rings (SSSR count). The van der Waals surface area contributed by atoms with Gasteiger partial charge in [0.05, 0.1) is 5.69 Å². The number of nitrogens with one attached hydrogen (secondary N) is 1. The smallest absolute Gasteiger partial charge is 0.227 e. The summed E-state index contributed by atoms with van der Waals surface area (Å²) < 4.78 is 0. The summed E-state index contributed by atoms with van der Waals surface area (Å²) in [6.07, 6.45) is 2.85. The lowest BCUT2D eigenvalue weighted by atomic mass is 10.1. The molecule has 1 aliphatic carbocycles. The van der Waals surface area contributed by atoms with E-state index in [1.165, 1.54) is 16.7 Å². The Morgan fingerprint density at radius 2 is 1.65 bits per heavy atom. The second-order valence-electron chi connectivity index (χ2n) is 4.89. The molecule has 1 heterocycles. The van der Waals surface area contributed by atoms with Crippen molar-refractivity contribution in [2.24, 2.45) is 0 Å². The third-order valence-corrected chi connectivity index (χ3v) is 3.55. The minimum atomic E-state index is 0.645. The van der Waals surface area contributed by atoms with Gasteiger partial charge < -0.3 is 5.32 Å². The maximum absolute atomic E-state index is 4.67. The minimum Gasteiger partial charge on any atom is -0.324 e. The van der Waals surface area contributed by atoms with E-state index in [2.05, 4.69) is 39.6 Å². The summed E-state index contributed by atoms with van der Waals surface area (Å²) in [4.78, 5) is 9.07. The van der Waals surface area contributed by atoms with Crippen LogP contribution < -0.4 is 5.32 Å². The number of aromatic nitrogens is 2. The van der Waals surface area contributed by atoms with Crippen LogP contribution in [0.4, 0.5) is 11.6 Å². The molecule has 0 spiro atoms. The highest BCUT2D eigenvalue weighted by Crippen LogP contribution is 2.35. The summed E-state index contributed by atoms with van der Waals surface area (Å²) >= 11 is 0. The molecule has 1 aromatic heterocycles. The Hall–Kier alpha value is -2.68. The fourth-order valence-corrected chi connectivity index (χ4v) is 2.59. The van der Waals surface area contributed by atoms with Crippen LogP contribution in [-0.4, -0.2) is 9.97 Å². The number of hydrogen-bond acceptors (Lipinski definition) is 3. The van der Waals surface area contributed by atoms with Gasteiger partial charge in [0, 0.05) is 29.4 Å². The first kappa shape index (κ1) is 11.2. The maximum Gasteiger partial charge on any atom is 0.227 e. The number of benzene rings is 2. The van der Waals surface area contributed by atoms with Gasteiger partial charge in [-0.15, -0.1) is 0 Å². The Balaban J connectivity index is 1.73. The van der Waals surface area contributed by atoms with Gasteiger partial charge in [-0.1, -0.05) is 42.5 Å². The summed E-state index contributed by atoms with van der Waals surface area (Å²) in [5.74, 6) is 0.645. The minimum absolute atomic E-state index is 0.645. The van der Waals surface area contributed by atoms with Crippen LogP contribution in [0.1, 0.15) is 11.1 Å². The third kappa shape index (κ3) is 1.84. The second-order valence-corrected chi connectivity index (χ2v) is 4.89. The van der Waals surface area contributed by atoms with E-state index in [4.69, 9.17) is 0 Å². The number of fused-ring (bicyclic) bond motifs is 3. The fourth-order valence-electron chi connectivity index (χ4n) is 2.59. The molecule has 3 nitrogen and oxygen atoms in total. The van der Waals surface area contributed by atoms with Crippen LogP contribution >= 0.6 is 0 Å². The van der Waals surface area contributed by atoms with Gasteiger partial charge >= 0.3 is 0 Å². The summed E-state index contributed by atoms with van der Waals surface area (Å²) in [6, 6.07) is 18.4. The van der Waals surface area contributed by atoms with E-state index in [-0.39, 0.29) is 0 Å². The summed E-state index contributed by atoms with van der Waals surface area (Å²) in [5.41, 5.74) is 5.80. The molecule has 0 saturated carbocycles. The lowest BCUT2D eigenvalue weighted by molar-refractivity contribution is 1.12. The van der Waals surface area contributed by atoms with Crippen LogP contribution in [0.5, 0.6) is 0 Å². The Bertz CT molecular complexity index is 766. The van der Waals surface area contributed by atoms with Gasteiger partial charge in [0.1, 0.15) is 0 Å². The highest BCUT2D eigenvalue weighted by atomic mass is 15.1. The molecule has 3 aromatic rings. The number of nitrogens with zero attached hydrogens (tertiary/aromatic N) is 2. The zero-order valence-electron chi connectivity index (χ0n) is 10.9. The molecule has 2 aromatic carbocycles. The lowest BCUT2D eigenvalue weighted by Gasteiger charge is -2.06. The summed E-state index contributed by atoms with van der Waals surface area (Å²) in [7, 11) is 0. The maximum atomic E-state index is 4.67. The van der Waals surface area contributed by atoms with Gasteiger partial charge in [-0.2, -0.15) is 0 Å². The van der Waals surface area contributed by atoms with Gasteiger partial charge in [0.2, 0.25) is 5.95 Å². The first-order valence-electron chi connectivity index (χ1n) is 6.66. The Morgan fingerprint density at radius 1 is 0.850 bits per heavy atom. The van der Waals surface area contributed by atoms with Crippen molar-refractivity contribution >= 4 is 11.6 Å². The van der Waals surface area contributed by atoms with E-state index in [9.17, 15) is 0 Å². The molecule has 0 unspecified atom stereocenters. The highest BCUT2D eigenvalue weighted by molar-refractivity contribution is 5.74. The van der Waals surface area contributed by atoms with E-state index < -0.39 is 0 Å². The molecule has 0 amide bonds. The van der Waals surface area contributed by atoms with Crippen LogP contribution in [0.15, 0.2) is 60.8 Å². The Kier molecular flexibility index (Phi) is 2.49. The number of hydrogen-bond donors (Lipinski definition) is 1. The monoisotopic (exact) mass is 259 g/mol. The molecule has 0 radical (unpaired) electrons. The lowest BCUT2D eigenvalue weighted by Crippen LogP contribution is -1.98. The Morgan fingerprint density at radius 3 is 2.55 bits per heavy atom. The van der Waals surface area contributed by atoms with Crippen molar-refractivity contribution in [2.45, 2.75) is 6.42 Å². The van der Waals surface area contributed by atoms with Crippen LogP contribution in [0, 0.1) is 0 Å². The van der Waals surface area contributed by atoms with Gasteiger partial charge in [0.15, 0.2) is 0 Å². The molecule has 0 saturated heterocycles. The number of anilines is 2. The summed E-state index contributed by atoms with van der Waals surface area (Å²) in [5, 5.41) is 3.24. The van der Waals surface area contributed by atoms with Gasteiger partial charge in [-0.3, -0.25) is 0 Å². The average Bonchev–Trinajstić information content (AvgIpc) is 2.86. The van der Waals surface area contributed by atoms with Crippen LogP contribution in [-0.2, 0) is 6.42 Å². The van der Waals surface area contributed by atoms with Crippen LogP contribution in [0.2, 0.25) is 0 Å². The normalized spacial score (nSPS) is 11.8. The molecule has 96 valence electrons. The SMILES string of the molecule is c1ccc(Nc2ncc3c(n2)-c2ccccc2C3)cc1. The second kappa shape index (κ2) is 4.46. The number of rotatable bonds is 2. The molecule has 0 fully saturated rings. The molecule has 0 aliphatic heterocycles. The largest absolute Gasteiger partial charge is 0.324 e. The third-order valence-electron chi connectivity index (χ3n) is 3.55. The van der Waals surface area contributed by atoms with E-state index in [0.29, 0.717) is 5.95 Å². The predicted molar refractivity (Wildman–Crippen MR) is 80.0 cm³/mol. The first-order chi connectivity index (χ1) is 9.90. The molecule has 3 heteroatoms. The van der Waals surface area contributed by atoms with E-state index in [0.717, 1.165) is 17.8 Å². The zero-order valence-corrected chi connectivity index (χ0v) is 10.9. The van der Waals surface area contributed by atoms with Crippen molar-refractivity contribution in [2.75, 3.05) is 5.32 Å². The predicted octanol–water partition coefficient (Wildman–Crippen LogP) is 3.79. The van der Waals surface area contributed by atoms with Crippen molar-refractivity contribution in [3.05, 3.63) is 71.9 Å². The fraction of sp³-hybridized carbons (Fsp3) is 0.0588. The van der Waals surface area contributed by atoms with Gasteiger partial charge in [-0.05, 0) is 17.7 Å². The van der Waals surface area contributed by atoms with Crippen LogP contribution in [0.25, 0.3) is 11.3 Å². The Labute approximate surface area is 117 Å². The number of para-hydroxylation sites is 1. The van der Waals surface area contributed by atoms with Gasteiger partial charge in [-0.25, -0.2) is 9.97 Å². The molecule has 0 atom stereocenters. The van der Waals surface area contributed by atoms with Crippen molar-refractivity contribution < 1.29 is 0 Å². The van der Waals surface area contributed by atoms with E-state index in [1.807, 2.05) is 36.5 Å². The van der Waals surface area contributed by atoms with Crippen molar-refractivity contribution in [3.63, 3.8) is 0 Å². The van der Waals surface area contributed by atoms with Crippen molar-refractivity contribution in [1.82, 2.24) is 9.97 Å². The summed E-state index contributed by atoms with van der Waals surface area (Å²) in [6.45, 7) is 0. The van der Waals surface area contributed by atoms with Crippen molar-refractivity contribution in [3.8, 4) is 11.3 Å². The van der Waals surface area contributed by atoms with Gasteiger partial charge in [0.25, 0.3) is 0 Å². The topological polar surface area (TPSA) is 37.8 Å². The quantitative estimate of drug-likeness (QED) is 0.595. The standard InChI is InChI=1S/C17H13N3/c1-2-7-14(8-3-1)19-17-18-11-13-10-12-6-4-5-9-15(12)16(13)20-17/h1-9,11H,10H2,(H,18,19,20). The van der Waals surface area contributed by atoms with E-state index >= 15 is 0 Å². The van der Waals surface area contributed by atoms with E-state index in [1.54, 1.807) is 0 Å². The molecule has 1 aliphatic rings. The molecule has 20 heavy (non-hydrogen) atoms. The van der Waals surface area contributed by atoms with Crippen LogP contribution in [0.3, 0.4) is 0 Å². The molecular weight excluding hydrogens is 246 g/mol. The molecular formula is C17H13N3. The molecule has 0 bridgehead atoms. The van der Waals surface area contributed by atoms with Crippen molar-refractivity contribution in [1.29, 1.82) is 0 Å². The molecule has 1 N–H and O–H groups in total. The highest BCUT2D eigenvalue weighted by Gasteiger charge is 2.20. The first-order valence-corrected chi connectivity index (χ1v) is 6.66.